The van der Waals surface area contributed by atoms with E-state index in [-0.39, 0.29) is 106 Å². The number of hydrogen-bond acceptors (Lipinski definition) is 45. The lowest BCUT2D eigenvalue weighted by atomic mass is 9.99. The van der Waals surface area contributed by atoms with E-state index < -0.39 is 238 Å². The number of aliphatic hydroxyl groups is 6. The van der Waals surface area contributed by atoms with E-state index in [0.717, 1.165) is 14.2 Å². The van der Waals surface area contributed by atoms with Crippen molar-refractivity contribution in [3.63, 3.8) is 0 Å². The first-order valence-corrected chi connectivity index (χ1v) is 33.8. The molecule has 0 aromatic carbocycles. The number of carbonyl (C=O) groups is 2. The zero-order valence-electron chi connectivity index (χ0n) is 46.1. The van der Waals surface area contributed by atoms with Crippen LogP contribution in [-0.2, 0) is 142 Å². The molecule has 60 heteroatoms. The minimum absolute atomic E-state index is 0. The molecule has 614 valence electrons. The van der Waals surface area contributed by atoms with Crippen LogP contribution in [0.4, 0.5) is 0 Å². The summed E-state index contributed by atoms with van der Waals surface area (Å²) in [7, 11) is -37.4. The number of methoxy groups -OCH3 is 1. The van der Waals surface area contributed by atoms with Gasteiger partial charge in [-0.05, 0) is 0 Å². The maximum Gasteiger partial charge on any atom is 0.218 e. The second-order valence-corrected chi connectivity index (χ2v) is 25.8. The van der Waals surface area contributed by atoms with Gasteiger partial charge >= 0.3 is 0 Å². The SMILES string of the molecule is C.C.C.C.C.C.C.CO.CO[C@@H]1C(COS(=O)(=O)[O-])OCC(NS(=O)(=O)[O-])[C@@H]1O.O.O.O.O.O=C([O-])C1C[C@@H](O)C(O)CO1.O=C([O-])C1C[C@@H](O)C(OS(=O)(=O)[O-])CO1.O=S(=O)([O-])NC1COC(COS(=O)(=O)[O-])C[C@H]1O.O=S(=O)([O-])NC1COC(COS(=O)(=O)[O-])C[C@H]1OS(=O)(=O)[O-]. The van der Waals surface area contributed by atoms with Crippen molar-refractivity contribution in [2.75, 3.05) is 67.1 Å². The molecule has 5 aliphatic rings. The Hall–Kier alpha value is -2.74. The fraction of sp³-hybridized carbons (Fsp3) is 0.949. The topological polar surface area (TPSA) is 923 Å². The molecule has 52 nitrogen and oxygen atoms in total. The molecule has 5 rings (SSSR count). The number of rotatable bonds is 22. The molecule has 17 N–H and O–H groups in total. The predicted molar refractivity (Wildman–Crippen MR) is 314 cm³/mol. The molecule has 16 atom stereocenters. The predicted octanol–water partition coefficient (Wildman–Crippen LogP) is -15.1. The second-order valence-electron chi connectivity index (χ2n) is 17.2. The normalized spacial score (nSPS) is 27.4. The smallest absolute Gasteiger partial charge is 0.218 e. The van der Waals surface area contributed by atoms with Gasteiger partial charge in [0.1, 0.15) is 30.5 Å². The number of ether oxygens (including phenoxy) is 6. The van der Waals surface area contributed by atoms with E-state index in [1.165, 1.54) is 4.72 Å². The Balaban J connectivity index is -0.0000000935. The molecule has 0 spiro atoms. The zero-order chi connectivity index (χ0) is 68.8. The molecule has 0 saturated carbocycles. The van der Waals surface area contributed by atoms with Gasteiger partial charge in [0.2, 0.25) is 52.0 Å². The van der Waals surface area contributed by atoms with E-state index in [4.69, 9.17) is 34.3 Å². The van der Waals surface area contributed by atoms with Crippen LogP contribution in [0.15, 0.2) is 0 Å². The first-order valence-electron chi connectivity index (χ1n) is 22.9. The molecule has 5 heterocycles. The van der Waals surface area contributed by atoms with Crippen LogP contribution in [0.25, 0.3) is 0 Å². The number of carboxylic acid groups (broad SMARTS) is 2. The maximum atomic E-state index is 10.6. The van der Waals surface area contributed by atoms with Crippen LogP contribution in [0.2, 0.25) is 0 Å². The quantitative estimate of drug-likeness (QED) is 0.0359. The van der Waals surface area contributed by atoms with E-state index in [1.807, 2.05) is 0 Å². The molecular formula is C39H91N3O49S8-10. The highest BCUT2D eigenvalue weighted by molar-refractivity contribution is 7.84. The number of carboxylic acids is 2. The van der Waals surface area contributed by atoms with Gasteiger partial charge in [0.05, 0.1) is 132 Å². The van der Waals surface area contributed by atoms with Crippen LogP contribution in [0, 0.1) is 0 Å². The first-order chi connectivity index (χ1) is 39.8. The Kier molecular flexibility index (Phi) is 67.0. The number of nitrogens with one attached hydrogen (secondary N) is 3. The summed E-state index contributed by atoms with van der Waals surface area (Å²) in [6.45, 7) is -4.12. The van der Waals surface area contributed by atoms with Crippen LogP contribution < -0.4 is 24.4 Å². The van der Waals surface area contributed by atoms with Crippen molar-refractivity contribution in [2.45, 2.75) is 175 Å². The maximum absolute atomic E-state index is 10.6. The molecule has 0 aromatic rings. The molecule has 0 aromatic heterocycles. The summed E-state index contributed by atoms with van der Waals surface area (Å²) in [5, 5.41) is 74.0. The highest BCUT2D eigenvalue weighted by Gasteiger charge is 2.41. The average Bonchev–Trinajstić information content (AvgIpc) is 0.837. The summed E-state index contributed by atoms with van der Waals surface area (Å²) >= 11 is 0. The molecule has 0 radical (unpaired) electrons. The van der Waals surface area contributed by atoms with Gasteiger partial charge in [0.15, 0.2) is 30.9 Å². The van der Waals surface area contributed by atoms with Crippen molar-refractivity contribution in [1.82, 2.24) is 14.2 Å². The summed E-state index contributed by atoms with van der Waals surface area (Å²) in [6.07, 6.45) is -17.1. The molecule has 99 heavy (non-hydrogen) atoms. The van der Waals surface area contributed by atoms with E-state index in [2.05, 4.69) is 30.4 Å². The third-order valence-corrected chi connectivity index (χ3v) is 14.6. The molecule has 10 unspecified atom stereocenters. The molecule has 0 bridgehead atoms. The highest BCUT2D eigenvalue weighted by Crippen LogP contribution is 2.23. The lowest BCUT2D eigenvalue weighted by Gasteiger charge is -2.39. The van der Waals surface area contributed by atoms with Crippen molar-refractivity contribution >= 4 is 94.8 Å². The molecule has 0 aliphatic carbocycles. The Bertz CT molecular complexity index is 3100. The summed E-state index contributed by atoms with van der Waals surface area (Å²) in [5.41, 5.74) is 0. The minimum atomic E-state index is -5.24. The van der Waals surface area contributed by atoms with Crippen LogP contribution in [-0.4, -0.2) is 333 Å². The van der Waals surface area contributed by atoms with Crippen molar-refractivity contribution in [2.24, 2.45) is 0 Å². The van der Waals surface area contributed by atoms with Crippen LogP contribution >= 0.6 is 0 Å². The Morgan fingerprint density at radius 1 is 0.404 bits per heavy atom. The standard InChI is InChI=1S/C7H15NO10S2.C6H13NO12S3.C6H13NO9S2.C6H10O8S.C6H10O5.CH4O.7CH4.4H2O/c1-16-7-5(3-18-20(13,14)15)17-2-4(6(7)9)8-19(10,11)12;8-20(9,10)7-5-3-17-4(2-18-21(11,12)13)1-6(5)19-22(14,15)16;8-6-1-4(2-16-18(12,13)14)15-3-5(6)7-17(9,10)11;7-3-1-4(6(8)9)13-2-5(3)14-15(10,11)12;7-3-1-5(6(9)10)11-2-4(3)8;1-2;;;;;;;;;;;/h4-9H,2-3H2,1H3,(H,10,11,12)(H,13,14,15);4-7H,1-3H2,(H,8,9,10)(H,11,12,13)(H,14,15,16);4-8H,1-3H2,(H,9,10,11)(H,12,13,14);3-5,7H,1-2H2,(H,8,9)(H,10,11,12);3-5,7-8H,1-2H2,(H,9,10);2H,1H3;7*1H4;4*1H2/p-10/t4?,5?,6-,7+;2*4?,5?,6-;2*3-,4?,5?;;;;;;;;;;;;/m01111............/s1. The van der Waals surface area contributed by atoms with Gasteiger partial charge in [-0.2, -0.15) is 0 Å². The van der Waals surface area contributed by atoms with Crippen LogP contribution in [0.5, 0.6) is 0 Å². The minimum Gasteiger partial charge on any atom is -0.735 e. The fourth-order valence-corrected chi connectivity index (χ4v) is 10.6. The monoisotopic (exact) mass is 1640 g/mol. The summed E-state index contributed by atoms with van der Waals surface area (Å²) in [6, 6.07) is -3.87. The van der Waals surface area contributed by atoms with Crippen molar-refractivity contribution in [1.29, 1.82) is 0 Å². The summed E-state index contributed by atoms with van der Waals surface area (Å²) in [5.74, 6) is -2.87. The third-order valence-electron chi connectivity index (χ3n) is 10.6. The van der Waals surface area contributed by atoms with Gasteiger partial charge in [-0.25, -0.2) is 81.5 Å². The van der Waals surface area contributed by atoms with Gasteiger partial charge < -0.3 is 137 Å². The number of aliphatic carboxylic acids is 2. The third kappa shape index (κ3) is 58.3. The largest absolute Gasteiger partial charge is 0.735 e. The fourth-order valence-electron chi connectivity index (χ4n) is 6.94. The average molecular weight is 1640 g/mol. The van der Waals surface area contributed by atoms with Crippen LogP contribution in [0.3, 0.4) is 0 Å². The zero-order valence-corrected chi connectivity index (χ0v) is 52.6. The number of carbonyl (C=O) groups excluding carboxylic acids is 2. The van der Waals surface area contributed by atoms with Crippen LogP contribution in [0.1, 0.15) is 77.7 Å². The Labute approximate surface area is 574 Å². The van der Waals surface area contributed by atoms with E-state index in [9.17, 15) is 139 Å². The lowest BCUT2D eigenvalue weighted by molar-refractivity contribution is -0.322. The summed E-state index contributed by atoms with van der Waals surface area (Å²) < 4.78 is 303. The molecule has 5 saturated heterocycles. The van der Waals surface area contributed by atoms with Crippen molar-refractivity contribution < 1.29 is 225 Å². The van der Waals surface area contributed by atoms with Gasteiger partial charge in [-0.3, -0.25) is 20.9 Å². The number of aliphatic hydroxyl groups excluding tert-OH is 6. The first kappa shape index (κ1) is 123. The molecule has 5 fully saturated rings. The van der Waals surface area contributed by atoms with Gasteiger partial charge in [0, 0.05) is 39.9 Å². The lowest BCUT2D eigenvalue weighted by Crippen LogP contribution is -2.60. The van der Waals surface area contributed by atoms with E-state index in [1.54, 1.807) is 9.44 Å². The van der Waals surface area contributed by atoms with E-state index in [0.29, 0.717) is 0 Å². The Morgan fingerprint density at radius 3 is 1.08 bits per heavy atom. The van der Waals surface area contributed by atoms with Gasteiger partial charge in [-0.1, -0.05) is 52.0 Å². The van der Waals surface area contributed by atoms with E-state index >= 15 is 0 Å². The molecule has 5 aliphatic heterocycles. The van der Waals surface area contributed by atoms with Gasteiger partial charge in [0.25, 0.3) is 0 Å². The van der Waals surface area contributed by atoms with Crippen molar-refractivity contribution in [3.8, 4) is 0 Å². The Morgan fingerprint density at radius 2 is 0.737 bits per heavy atom. The second kappa shape index (κ2) is 53.9. The molecular weight excluding hydrogens is 1550 g/mol. The summed E-state index contributed by atoms with van der Waals surface area (Å²) in [4.78, 5) is 20.5. The van der Waals surface area contributed by atoms with Gasteiger partial charge in [-0.15, -0.1) is 0 Å². The molecule has 0 amide bonds. The van der Waals surface area contributed by atoms with Crippen molar-refractivity contribution in [3.05, 3.63) is 0 Å². The number of hydrogen-bond donors (Lipinski definition) is 9. The highest BCUT2D eigenvalue weighted by atomic mass is 32.3.